The second-order valence-corrected chi connectivity index (χ2v) is 6.00. The van der Waals surface area contributed by atoms with Gasteiger partial charge < -0.3 is 0 Å². The average molecular weight is 359 g/mol. The van der Waals surface area contributed by atoms with E-state index >= 15 is 0 Å². The van der Waals surface area contributed by atoms with Gasteiger partial charge in [-0.25, -0.2) is 4.98 Å². The molecule has 0 aliphatic rings. The van der Waals surface area contributed by atoms with E-state index in [4.69, 9.17) is 11.6 Å². The van der Waals surface area contributed by atoms with Crippen molar-refractivity contribution in [3.8, 4) is 11.3 Å². The highest BCUT2D eigenvalue weighted by molar-refractivity contribution is 7.14. The third-order valence-corrected chi connectivity index (χ3v) is 4.22. The minimum Gasteiger partial charge on any atom is -0.258 e. The molecule has 6 nitrogen and oxygen atoms in total. The fourth-order valence-corrected chi connectivity index (χ4v) is 2.80. The maximum absolute atomic E-state index is 10.8. The monoisotopic (exact) mass is 358 g/mol. The Balaban J connectivity index is 1.72. The van der Waals surface area contributed by atoms with Crippen molar-refractivity contribution in [2.45, 2.75) is 0 Å². The van der Waals surface area contributed by atoms with Crippen LogP contribution in [0.3, 0.4) is 0 Å². The van der Waals surface area contributed by atoms with Crippen LogP contribution in [0.5, 0.6) is 0 Å². The van der Waals surface area contributed by atoms with E-state index in [-0.39, 0.29) is 5.69 Å². The number of benzene rings is 2. The van der Waals surface area contributed by atoms with E-state index < -0.39 is 4.92 Å². The highest BCUT2D eigenvalue weighted by atomic mass is 35.5. The fraction of sp³-hybridized carbons (Fsp3) is 0. The molecule has 0 unspecified atom stereocenters. The molecule has 8 heteroatoms. The molecule has 0 amide bonds. The van der Waals surface area contributed by atoms with Crippen LogP contribution in [-0.4, -0.2) is 16.1 Å². The largest absolute Gasteiger partial charge is 0.270 e. The molecule has 3 rings (SSSR count). The average Bonchev–Trinajstić information content (AvgIpc) is 3.06. The van der Waals surface area contributed by atoms with Crippen molar-refractivity contribution in [2.24, 2.45) is 5.10 Å². The zero-order valence-corrected chi connectivity index (χ0v) is 13.8. The molecule has 0 aliphatic heterocycles. The molecule has 0 atom stereocenters. The number of nitrogens with zero attached hydrogens (tertiary/aromatic N) is 3. The summed E-state index contributed by atoms with van der Waals surface area (Å²) in [6.45, 7) is 0. The predicted molar refractivity (Wildman–Crippen MR) is 96.9 cm³/mol. The van der Waals surface area contributed by atoms with Crippen LogP contribution in [0.2, 0.25) is 5.02 Å². The number of hydrazone groups is 1. The Morgan fingerprint density at radius 1 is 1.25 bits per heavy atom. The van der Waals surface area contributed by atoms with Crippen molar-refractivity contribution in [3.05, 3.63) is 74.6 Å². The molecule has 0 saturated carbocycles. The standard InChI is InChI=1S/C16H11ClN4O2S/c17-14-7-6-13(21(22)23)8-12(14)9-18-20-16-19-15(10-24-16)11-4-2-1-3-5-11/h1-10H,(H,19,20)/b18-9+. The number of aromatic nitrogens is 1. The second kappa shape index (κ2) is 7.20. The lowest BCUT2D eigenvalue weighted by Gasteiger charge is -1.98. The third kappa shape index (κ3) is 3.76. The first kappa shape index (κ1) is 16.1. The summed E-state index contributed by atoms with van der Waals surface area (Å²) in [5.74, 6) is 0. The molecular weight excluding hydrogens is 348 g/mol. The van der Waals surface area contributed by atoms with Gasteiger partial charge in [0.25, 0.3) is 5.69 Å². The summed E-state index contributed by atoms with van der Waals surface area (Å²) in [5.41, 5.74) is 5.10. The SMILES string of the molecule is O=[N+]([O-])c1ccc(Cl)c(/C=N/Nc2nc(-c3ccccc3)cs2)c1. The Morgan fingerprint density at radius 3 is 2.79 bits per heavy atom. The molecule has 1 heterocycles. The quantitative estimate of drug-likeness (QED) is 0.403. The van der Waals surface area contributed by atoms with Crippen molar-refractivity contribution in [2.75, 3.05) is 5.43 Å². The normalized spacial score (nSPS) is 10.9. The molecule has 24 heavy (non-hydrogen) atoms. The van der Waals surface area contributed by atoms with Gasteiger partial charge in [-0.15, -0.1) is 11.3 Å². The molecule has 0 spiro atoms. The lowest BCUT2D eigenvalue weighted by Crippen LogP contribution is -1.93. The number of thiazole rings is 1. The summed E-state index contributed by atoms with van der Waals surface area (Å²) < 4.78 is 0. The highest BCUT2D eigenvalue weighted by Crippen LogP contribution is 2.25. The van der Waals surface area contributed by atoms with Gasteiger partial charge in [0, 0.05) is 33.7 Å². The molecule has 3 aromatic rings. The molecular formula is C16H11ClN4O2S. The molecule has 0 radical (unpaired) electrons. The zero-order chi connectivity index (χ0) is 16.9. The van der Waals surface area contributed by atoms with Crippen molar-refractivity contribution in [1.29, 1.82) is 0 Å². The lowest BCUT2D eigenvalue weighted by atomic mass is 10.2. The Hall–Kier alpha value is -2.77. The molecule has 1 aromatic heterocycles. The molecule has 0 fully saturated rings. The minimum absolute atomic E-state index is 0.0403. The summed E-state index contributed by atoms with van der Waals surface area (Å²) in [5, 5.41) is 17.8. The molecule has 2 aromatic carbocycles. The molecule has 0 aliphatic carbocycles. The zero-order valence-electron chi connectivity index (χ0n) is 12.2. The Bertz CT molecular complexity index is 896. The van der Waals surface area contributed by atoms with Gasteiger partial charge in [-0.05, 0) is 6.07 Å². The van der Waals surface area contributed by atoms with Crippen molar-refractivity contribution in [3.63, 3.8) is 0 Å². The maximum Gasteiger partial charge on any atom is 0.270 e. The van der Waals surface area contributed by atoms with Gasteiger partial charge in [0.05, 0.1) is 16.8 Å². The summed E-state index contributed by atoms with van der Waals surface area (Å²) in [4.78, 5) is 14.7. The first-order valence-corrected chi connectivity index (χ1v) is 8.13. The van der Waals surface area contributed by atoms with E-state index in [0.29, 0.717) is 15.7 Å². The van der Waals surface area contributed by atoms with Crippen LogP contribution < -0.4 is 5.43 Å². The Morgan fingerprint density at radius 2 is 2.04 bits per heavy atom. The molecule has 0 saturated heterocycles. The predicted octanol–water partition coefficient (Wildman–Crippen LogP) is 4.82. The first-order chi connectivity index (χ1) is 11.6. The van der Waals surface area contributed by atoms with Crippen molar-refractivity contribution in [1.82, 2.24) is 4.98 Å². The van der Waals surface area contributed by atoms with Crippen LogP contribution in [0.4, 0.5) is 10.8 Å². The number of anilines is 1. The van der Waals surface area contributed by atoms with E-state index in [0.717, 1.165) is 11.3 Å². The second-order valence-electron chi connectivity index (χ2n) is 4.74. The van der Waals surface area contributed by atoms with E-state index in [1.807, 2.05) is 35.7 Å². The Labute approximate surface area is 146 Å². The van der Waals surface area contributed by atoms with Gasteiger partial charge in [-0.3, -0.25) is 15.5 Å². The topological polar surface area (TPSA) is 80.4 Å². The van der Waals surface area contributed by atoms with Crippen molar-refractivity contribution >= 4 is 40.0 Å². The van der Waals surface area contributed by atoms with E-state index in [1.54, 1.807) is 0 Å². The van der Waals surface area contributed by atoms with Crippen LogP contribution in [0.15, 0.2) is 59.0 Å². The summed E-state index contributed by atoms with van der Waals surface area (Å²) in [6, 6.07) is 14.0. The molecule has 120 valence electrons. The molecule has 1 N–H and O–H groups in total. The number of halogens is 1. The van der Waals surface area contributed by atoms with Gasteiger partial charge >= 0.3 is 0 Å². The number of nitro benzene ring substituents is 1. The van der Waals surface area contributed by atoms with Crippen LogP contribution in [0, 0.1) is 10.1 Å². The fourth-order valence-electron chi connectivity index (χ4n) is 1.97. The molecule has 0 bridgehead atoms. The van der Waals surface area contributed by atoms with Gasteiger partial charge in [0.1, 0.15) is 0 Å². The van der Waals surface area contributed by atoms with Gasteiger partial charge in [-0.1, -0.05) is 41.9 Å². The van der Waals surface area contributed by atoms with Gasteiger partial charge in [0.15, 0.2) is 0 Å². The summed E-state index contributed by atoms with van der Waals surface area (Å²) >= 11 is 7.43. The number of rotatable bonds is 5. The van der Waals surface area contributed by atoms with Crippen LogP contribution >= 0.6 is 22.9 Å². The smallest absolute Gasteiger partial charge is 0.258 e. The Kier molecular flexibility index (Phi) is 4.83. The number of nitrogens with one attached hydrogen (secondary N) is 1. The number of hydrogen-bond acceptors (Lipinski definition) is 6. The van der Waals surface area contributed by atoms with E-state index in [9.17, 15) is 10.1 Å². The minimum atomic E-state index is -0.478. The summed E-state index contributed by atoms with van der Waals surface area (Å²) in [6.07, 6.45) is 1.43. The number of nitro groups is 1. The summed E-state index contributed by atoms with van der Waals surface area (Å²) in [7, 11) is 0. The van der Waals surface area contributed by atoms with Gasteiger partial charge in [0.2, 0.25) is 5.13 Å². The first-order valence-electron chi connectivity index (χ1n) is 6.87. The third-order valence-electron chi connectivity index (χ3n) is 3.13. The van der Waals surface area contributed by atoms with E-state index in [2.05, 4.69) is 15.5 Å². The lowest BCUT2D eigenvalue weighted by molar-refractivity contribution is -0.384. The number of non-ortho nitro benzene ring substituents is 1. The highest BCUT2D eigenvalue weighted by Gasteiger charge is 2.08. The van der Waals surface area contributed by atoms with Crippen LogP contribution in [-0.2, 0) is 0 Å². The van der Waals surface area contributed by atoms with Gasteiger partial charge in [-0.2, -0.15) is 5.10 Å². The maximum atomic E-state index is 10.8. The van der Waals surface area contributed by atoms with Crippen molar-refractivity contribution < 1.29 is 4.92 Å². The van der Waals surface area contributed by atoms with Crippen LogP contribution in [0.25, 0.3) is 11.3 Å². The van der Waals surface area contributed by atoms with Crippen LogP contribution in [0.1, 0.15) is 5.56 Å². The number of hydrogen-bond donors (Lipinski definition) is 1. The van der Waals surface area contributed by atoms with E-state index in [1.165, 1.54) is 35.8 Å².